The molecule has 0 bridgehead atoms. The van der Waals surface area contributed by atoms with Gasteiger partial charge in [-0.25, -0.2) is 18.4 Å². The smallest absolute Gasteiger partial charge is 0.260 e. The molecule has 2 aromatic rings. The first-order chi connectivity index (χ1) is 11.1. The fourth-order valence-electron chi connectivity index (χ4n) is 2.63. The van der Waals surface area contributed by atoms with Crippen molar-refractivity contribution in [3.05, 3.63) is 42.5 Å². The Hall–Kier alpha value is -2.51. The van der Waals surface area contributed by atoms with E-state index in [0.717, 1.165) is 25.0 Å². The molecule has 122 valence electrons. The molecule has 0 saturated carbocycles. The van der Waals surface area contributed by atoms with Crippen LogP contribution in [0, 0.1) is 11.6 Å². The molecule has 1 atom stereocenters. The molecular weight excluding hydrogens is 306 g/mol. The largest absolute Gasteiger partial charge is 0.481 e. The Morgan fingerprint density at radius 1 is 1.39 bits per heavy atom. The van der Waals surface area contributed by atoms with Gasteiger partial charge >= 0.3 is 0 Å². The lowest BCUT2D eigenvalue weighted by Crippen LogP contribution is -2.43. The molecule has 0 spiro atoms. The average Bonchev–Trinajstić information content (AvgIpc) is 3.08. The Kier molecular flexibility index (Phi) is 4.50. The molecule has 1 saturated heterocycles. The van der Waals surface area contributed by atoms with Gasteiger partial charge in [0.2, 0.25) is 0 Å². The van der Waals surface area contributed by atoms with Gasteiger partial charge in [0.15, 0.2) is 18.2 Å². The molecule has 2 heterocycles. The molecule has 23 heavy (non-hydrogen) atoms. The van der Waals surface area contributed by atoms with Crippen molar-refractivity contribution in [2.24, 2.45) is 0 Å². The summed E-state index contributed by atoms with van der Waals surface area (Å²) in [5.74, 6) is -1.88. The van der Waals surface area contributed by atoms with Crippen LogP contribution in [0.4, 0.5) is 8.78 Å². The summed E-state index contributed by atoms with van der Waals surface area (Å²) in [7, 11) is 0. The molecule has 1 amide bonds. The van der Waals surface area contributed by atoms with Crippen LogP contribution >= 0.6 is 0 Å². The summed E-state index contributed by atoms with van der Waals surface area (Å²) < 4.78 is 33.2. The quantitative estimate of drug-likeness (QED) is 0.861. The van der Waals surface area contributed by atoms with Crippen molar-refractivity contribution in [2.75, 3.05) is 19.7 Å². The molecule has 1 aliphatic heterocycles. The number of halogens is 2. The number of carbonyl (C=O) groups is 1. The third kappa shape index (κ3) is 3.64. The summed E-state index contributed by atoms with van der Waals surface area (Å²) in [5.41, 5.74) is 0. The highest BCUT2D eigenvalue weighted by molar-refractivity contribution is 5.77. The molecule has 6 nitrogen and oxygen atoms in total. The number of amides is 1. The highest BCUT2D eigenvalue weighted by Crippen LogP contribution is 2.21. The van der Waals surface area contributed by atoms with Crippen LogP contribution in [0.1, 0.15) is 18.9 Å². The molecular formula is C15H16F2N4O2. The number of aromatic nitrogens is 3. The predicted octanol–water partition coefficient (Wildman–Crippen LogP) is 1.80. The van der Waals surface area contributed by atoms with Gasteiger partial charge in [0, 0.05) is 19.2 Å². The van der Waals surface area contributed by atoms with Crippen LogP contribution in [0.2, 0.25) is 0 Å². The van der Waals surface area contributed by atoms with Crippen molar-refractivity contribution >= 4 is 5.91 Å². The summed E-state index contributed by atoms with van der Waals surface area (Å²) in [6, 6.07) is 3.07. The summed E-state index contributed by atoms with van der Waals surface area (Å²) >= 11 is 0. The minimum Gasteiger partial charge on any atom is -0.481 e. The van der Waals surface area contributed by atoms with Crippen LogP contribution in [0.5, 0.6) is 5.75 Å². The molecule has 1 aromatic carbocycles. The van der Waals surface area contributed by atoms with E-state index in [1.165, 1.54) is 12.4 Å². The van der Waals surface area contributed by atoms with Crippen LogP contribution in [0.15, 0.2) is 30.9 Å². The number of carbonyl (C=O) groups excluding carboxylic acids is 1. The zero-order valence-corrected chi connectivity index (χ0v) is 12.4. The van der Waals surface area contributed by atoms with Crippen LogP contribution in [0.25, 0.3) is 0 Å². The van der Waals surface area contributed by atoms with Gasteiger partial charge in [0.25, 0.3) is 5.91 Å². The van der Waals surface area contributed by atoms with Crippen molar-refractivity contribution in [3.8, 4) is 5.75 Å². The van der Waals surface area contributed by atoms with Crippen LogP contribution in [0.3, 0.4) is 0 Å². The zero-order valence-electron chi connectivity index (χ0n) is 12.4. The molecule has 0 aliphatic carbocycles. The first-order valence-corrected chi connectivity index (χ1v) is 7.33. The van der Waals surface area contributed by atoms with Gasteiger partial charge < -0.3 is 9.64 Å². The minimum absolute atomic E-state index is 0.0813. The van der Waals surface area contributed by atoms with Gasteiger partial charge in [-0.3, -0.25) is 4.79 Å². The summed E-state index contributed by atoms with van der Waals surface area (Å²) in [6.45, 7) is 0.851. The molecule has 1 aliphatic rings. The summed E-state index contributed by atoms with van der Waals surface area (Å²) in [6.07, 6.45) is 4.85. The maximum Gasteiger partial charge on any atom is 0.260 e. The van der Waals surface area contributed by atoms with Gasteiger partial charge in [0.1, 0.15) is 18.5 Å². The topological polar surface area (TPSA) is 60.2 Å². The number of rotatable bonds is 4. The maximum absolute atomic E-state index is 13.5. The standard InChI is InChI=1S/C15H16F2N4O2/c16-11-3-4-14(13(17)6-11)23-8-15(22)20-5-1-2-12(7-20)21-10-18-9-19-21/h3-4,6,9-10,12H,1-2,5,7-8H2/t12-/m0/s1. The third-order valence-electron chi connectivity index (χ3n) is 3.81. The third-order valence-corrected chi connectivity index (χ3v) is 3.81. The number of ether oxygens (including phenoxy) is 1. The van der Waals surface area contributed by atoms with E-state index < -0.39 is 11.6 Å². The highest BCUT2D eigenvalue weighted by Gasteiger charge is 2.25. The van der Waals surface area contributed by atoms with E-state index in [4.69, 9.17) is 4.74 Å². The molecule has 0 unspecified atom stereocenters. The highest BCUT2D eigenvalue weighted by atomic mass is 19.1. The van der Waals surface area contributed by atoms with Crippen molar-refractivity contribution in [2.45, 2.75) is 18.9 Å². The lowest BCUT2D eigenvalue weighted by atomic mass is 10.1. The van der Waals surface area contributed by atoms with Crippen molar-refractivity contribution in [1.82, 2.24) is 19.7 Å². The number of benzene rings is 1. The monoisotopic (exact) mass is 322 g/mol. The Bertz CT molecular complexity index is 678. The fraction of sp³-hybridized carbons (Fsp3) is 0.400. The lowest BCUT2D eigenvalue weighted by molar-refractivity contribution is -0.135. The van der Waals surface area contributed by atoms with Gasteiger partial charge in [-0.05, 0) is 25.0 Å². The van der Waals surface area contributed by atoms with E-state index in [1.807, 2.05) is 0 Å². The zero-order chi connectivity index (χ0) is 16.2. The van der Waals surface area contributed by atoms with Crippen molar-refractivity contribution < 1.29 is 18.3 Å². The van der Waals surface area contributed by atoms with Gasteiger partial charge in [0.05, 0.1) is 6.04 Å². The fourth-order valence-corrected chi connectivity index (χ4v) is 2.63. The molecule has 0 radical (unpaired) electrons. The van der Waals surface area contributed by atoms with Gasteiger partial charge in [-0.15, -0.1) is 0 Å². The van der Waals surface area contributed by atoms with Crippen LogP contribution in [-0.4, -0.2) is 45.3 Å². The van der Waals surface area contributed by atoms with Crippen LogP contribution in [-0.2, 0) is 4.79 Å². The first-order valence-electron chi connectivity index (χ1n) is 7.33. The number of likely N-dealkylation sites (tertiary alicyclic amines) is 1. The van der Waals surface area contributed by atoms with E-state index in [2.05, 4.69) is 10.1 Å². The molecule has 3 rings (SSSR count). The summed E-state index contributed by atoms with van der Waals surface area (Å²) in [5, 5.41) is 4.10. The van der Waals surface area contributed by atoms with Gasteiger partial charge in [-0.2, -0.15) is 5.10 Å². The molecule has 8 heteroatoms. The maximum atomic E-state index is 13.5. The van der Waals surface area contributed by atoms with E-state index in [-0.39, 0.29) is 24.3 Å². The number of hydrogen-bond donors (Lipinski definition) is 0. The Balaban J connectivity index is 1.57. The summed E-state index contributed by atoms with van der Waals surface area (Å²) in [4.78, 5) is 17.8. The minimum atomic E-state index is -0.822. The lowest BCUT2D eigenvalue weighted by Gasteiger charge is -2.32. The van der Waals surface area contributed by atoms with E-state index >= 15 is 0 Å². The molecule has 0 N–H and O–H groups in total. The molecule has 1 fully saturated rings. The van der Waals surface area contributed by atoms with Crippen LogP contribution < -0.4 is 4.74 Å². The Morgan fingerprint density at radius 3 is 3.00 bits per heavy atom. The van der Waals surface area contributed by atoms with Gasteiger partial charge in [-0.1, -0.05) is 0 Å². The SMILES string of the molecule is O=C(COc1ccc(F)cc1F)N1CCC[C@H](n2cncn2)C1. The second kappa shape index (κ2) is 6.72. The normalized spacial score (nSPS) is 18.0. The molecule has 1 aromatic heterocycles. The first kappa shape index (κ1) is 15.4. The van der Waals surface area contributed by atoms with E-state index in [9.17, 15) is 13.6 Å². The average molecular weight is 322 g/mol. The second-order valence-electron chi connectivity index (χ2n) is 5.37. The van der Waals surface area contributed by atoms with E-state index in [0.29, 0.717) is 13.1 Å². The predicted molar refractivity (Wildman–Crippen MR) is 76.7 cm³/mol. The van der Waals surface area contributed by atoms with Crippen molar-refractivity contribution in [1.29, 1.82) is 0 Å². The number of nitrogens with zero attached hydrogens (tertiary/aromatic N) is 4. The Morgan fingerprint density at radius 2 is 2.26 bits per heavy atom. The number of hydrogen-bond acceptors (Lipinski definition) is 4. The van der Waals surface area contributed by atoms with E-state index in [1.54, 1.807) is 15.9 Å². The Labute approximate surface area is 131 Å². The van der Waals surface area contributed by atoms with Crippen molar-refractivity contribution in [3.63, 3.8) is 0 Å². The second-order valence-corrected chi connectivity index (χ2v) is 5.37. The number of piperidine rings is 1.